The first-order chi connectivity index (χ1) is 10.5. The molecule has 0 saturated carbocycles. The number of urea groups is 1. The number of fused-ring (bicyclic) bond motifs is 1. The van der Waals surface area contributed by atoms with Crippen LogP contribution in [0.15, 0.2) is 30.9 Å². The zero-order valence-corrected chi connectivity index (χ0v) is 13.2. The molecule has 5 nitrogen and oxygen atoms in total. The summed E-state index contributed by atoms with van der Waals surface area (Å²) in [6.07, 6.45) is 3.55. The highest BCUT2D eigenvalue weighted by Crippen LogP contribution is 2.31. The molecule has 1 aromatic carbocycles. The van der Waals surface area contributed by atoms with Gasteiger partial charge in [-0.15, -0.1) is 6.58 Å². The van der Waals surface area contributed by atoms with Gasteiger partial charge in [0.05, 0.1) is 0 Å². The summed E-state index contributed by atoms with van der Waals surface area (Å²) in [6, 6.07) is 5.45. The third kappa shape index (κ3) is 3.67. The van der Waals surface area contributed by atoms with Gasteiger partial charge in [0.2, 0.25) is 5.91 Å². The van der Waals surface area contributed by atoms with Gasteiger partial charge in [-0.3, -0.25) is 4.79 Å². The first kappa shape index (κ1) is 16.1. The van der Waals surface area contributed by atoms with Gasteiger partial charge in [-0.25, -0.2) is 4.79 Å². The van der Waals surface area contributed by atoms with Gasteiger partial charge < -0.3 is 15.5 Å². The van der Waals surface area contributed by atoms with Crippen molar-refractivity contribution in [3.05, 3.63) is 36.4 Å². The van der Waals surface area contributed by atoms with Crippen molar-refractivity contribution >= 4 is 23.3 Å². The van der Waals surface area contributed by atoms with Crippen molar-refractivity contribution in [1.82, 2.24) is 5.32 Å². The molecule has 1 aromatic rings. The van der Waals surface area contributed by atoms with Gasteiger partial charge in [0.25, 0.3) is 0 Å². The number of anilines is 2. The van der Waals surface area contributed by atoms with E-state index in [1.165, 1.54) is 0 Å². The summed E-state index contributed by atoms with van der Waals surface area (Å²) in [5.41, 5.74) is 2.74. The van der Waals surface area contributed by atoms with Crippen molar-refractivity contribution in [3.8, 4) is 0 Å². The number of carbonyl (C=O) groups excluding carboxylic acids is 2. The number of hydrogen-bond acceptors (Lipinski definition) is 2. The SMILES string of the molecule is C=CCNC(=O)Nc1ccc2c(c1)N(C(=O)C(C)C)CCC2. The molecule has 1 aliphatic heterocycles. The predicted molar refractivity (Wildman–Crippen MR) is 89.2 cm³/mol. The highest BCUT2D eigenvalue weighted by atomic mass is 16.2. The van der Waals surface area contributed by atoms with Crippen molar-refractivity contribution in [2.45, 2.75) is 26.7 Å². The first-order valence-electron chi connectivity index (χ1n) is 7.63. The minimum Gasteiger partial charge on any atom is -0.334 e. The fourth-order valence-corrected chi connectivity index (χ4v) is 2.53. The van der Waals surface area contributed by atoms with Crippen molar-refractivity contribution < 1.29 is 9.59 Å². The maximum absolute atomic E-state index is 12.4. The van der Waals surface area contributed by atoms with Crippen molar-refractivity contribution in [3.63, 3.8) is 0 Å². The molecule has 1 aliphatic rings. The van der Waals surface area contributed by atoms with Crippen molar-refractivity contribution in [1.29, 1.82) is 0 Å². The predicted octanol–water partition coefficient (Wildman–Crippen LogP) is 2.93. The second kappa shape index (κ2) is 7.11. The maximum Gasteiger partial charge on any atom is 0.319 e. The van der Waals surface area contributed by atoms with Crippen molar-refractivity contribution in [2.75, 3.05) is 23.3 Å². The Kier molecular flexibility index (Phi) is 5.20. The van der Waals surface area contributed by atoms with Crippen LogP contribution in [0.25, 0.3) is 0 Å². The average molecular weight is 301 g/mol. The Morgan fingerprint density at radius 3 is 2.86 bits per heavy atom. The molecule has 3 amide bonds. The number of amides is 3. The summed E-state index contributed by atoms with van der Waals surface area (Å²) in [5.74, 6) is 0.0765. The second-order valence-corrected chi connectivity index (χ2v) is 5.72. The van der Waals surface area contributed by atoms with Gasteiger partial charge in [-0.1, -0.05) is 26.0 Å². The topological polar surface area (TPSA) is 61.4 Å². The van der Waals surface area contributed by atoms with Crippen LogP contribution in [0.4, 0.5) is 16.2 Å². The van der Waals surface area contributed by atoms with Crippen LogP contribution in [-0.4, -0.2) is 25.0 Å². The summed E-state index contributed by atoms with van der Waals surface area (Å²) in [5, 5.41) is 5.44. The molecule has 0 aromatic heterocycles. The lowest BCUT2D eigenvalue weighted by atomic mass is 9.99. The highest BCUT2D eigenvalue weighted by Gasteiger charge is 2.24. The van der Waals surface area contributed by atoms with E-state index in [4.69, 9.17) is 0 Å². The second-order valence-electron chi connectivity index (χ2n) is 5.72. The molecule has 1 heterocycles. The smallest absolute Gasteiger partial charge is 0.319 e. The Morgan fingerprint density at radius 1 is 1.41 bits per heavy atom. The van der Waals surface area contributed by atoms with Crippen LogP contribution in [0.2, 0.25) is 0 Å². The molecular weight excluding hydrogens is 278 g/mol. The molecule has 118 valence electrons. The standard InChI is InChI=1S/C17H23N3O2/c1-4-9-18-17(22)19-14-8-7-13-6-5-10-20(15(13)11-14)16(21)12(2)3/h4,7-8,11-12H,1,5-6,9-10H2,2-3H3,(H2,18,19,22). The molecule has 0 fully saturated rings. The minimum absolute atomic E-state index is 0.0431. The van der Waals surface area contributed by atoms with E-state index in [1.807, 2.05) is 36.9 Å². The van der Waals surface area contributed by atoms with Crippen LogP contribution in [0.1, 0.15) is 25.8 Å². The Bertz CT molecular complexity index is 581. The Hall–Kier alpha value is -2.30. The van der Waals surface area contributed by atoms with Gasteiger partial charge in [0.15, 0.2) is 0 Å². The van der Waals surface area contributed by atoms with Crippen LogP contribution >= 0.6 is 0 Å². The zero-order chi connectivity index (χ0) is 16.1. The minimum atomic E-state index is -0.280. The average Bonchev–Trinajstić information content (AvgIpc) is 2.51. The van der Waals surface area contributed by atoms with Crippen LogP contribution in [0, 0.1) is 5.92 Å². The Morgan fingerprint density at radius 2 is 2.18 bits per heavy atom. The molecular formula is C17H23N3O2. The molecule has 2 rings (SSSR count). The lowest BCUT2D eigenvalue weighted by molar-refractivity contribution is -0.121. The van der Waals surface area contributed by atoms with E-state index in [-0.39, 0.29) is 17.9 Å². The molecule has 0 unspecified atom stereocenters. The number of hydrogen-bond donors (Lipinski definition) is 2. The molecule has 0 saturated heterocycles. The lowest BCUT2D eigenvalue weighted by Gasteiger charge is -2.31. The van der Waals surface area contributed by atoms with E-state index < -0.39 is 0 Å². The van der Waals surface area contributed by atoms with Gasteiger partial charge in [-0.05, 0) is 30.5 Å². The van der Waals surface area contributed by atoms with Gasteiger partial charge in [0.1, 0.15) is 0 Å². The molecule has 0 atom stereocenters. The fraction of sp³-hybridized carbons (Fsp3) is 0.412. The van der Waals surface area contributed by atoms with E-state index in [2.05, 4.69) is 17.2 Å². The quantitative estimate of drug-likeness (QED) is 0.840. The summed E-state index contributed by atoms with van der Waals surface area (Å²) in [7, 11) is 0. The third-order valence-corrected chi connectivity index (χ3v) is 3.63. The van der Waals surface area contributed by atoms with Gasteiger partial charge in [0, 0.05) is 30.4 Å². The van der Waals surface area contributed by atoms with Crippen molar-refractivity contribution in [2.24, 2.45) is 5.92 Å². The number of nitrogens with one attached hydrogen (secondary N) is 2. The van der Waals surface area contributed by atoms with Crippen LogP contribution in [-0.2, 0) is 11.2 Å². The summed E-state index contributed by atoms with van der Waals surface area (Å²) >= 11 is 0. The molecule has 0 radical (unpaired) electrons. The van der Waals surface area contributed by atoms with E-state index in [0.717, 1.165) is 30.6 Å². The summed E-state index contributed by atoms with van der Waals surface area (Å²) < 4.78 is 0. The summed E-state index contributed by atoms with van der Waals surface area (Å²) in [4.78, 5) is 25.9. The third-order valence-electron chi connectivity index (χ3n) is 3.63. The molecule has 0 aliphatic carbocycles. The number of carbonyl (C=O) groups is 2. The number of benzene rings is 1. The monoisotopic (exact) mass is 301 g/mol. The van der Waals surface area contributed by atoms with E-state index in [9.17, 15) is 9.59 Å². The Labute approximate surface area is 131 Å². The molecule has 0 spiro atoms. The largest absolute Gasteiger partial charge is 0.334 e. The molecule has 22 heavy (non-hydrogen) atoms. The highest BCUT2D eigenvalue weighted by molar-refractivity contribution is 5.97. The first-order valence-corrected chi connectivity index (χ1v) is 7.63. The van der Waals surface area contributed by atoms with Gasteiger partial charge >= 0.3 is 6.03 Å². The number of rotatable bonds is 4. The maximum atomic E-state index is 12.4. The fourth-order valence-electron chi connectivity index (χ4n) is 2.53. The van der Waals surface area contributed by atoms with E-state index >= 15 is 0 Å². The normalized spacial score (nSPS) is 13.5. The van der Waals surface area contributed by atoms with Crippen LogP contribution in [0.3, 0.4) is 0 Å². The Balaban J connectivity index is 2.20. The molecule has 0 bridgehead atoms. The molecule has 5 heteroatoms. The van der Waals surface area contributed by atoms with E-state index in [0.29, 0.717) is 12.2 Å². The van der Waals surface area contributed by atoms with Crippen LogP contribution in [0.5, 0.6) is 0 Å². The zero-order valence-electron chi connectivity index (χ0n) is 13.2. The van der Waals surface area contributed by atoms with Gasteiger partial charge in [-0.2, -0.15) is 0 Å². The molecule has 2 N–H and O–H groups in total. The van der Waals surface area contributed by atoms with E-state index in [1.54, 1.807) is 6.08 Å². The lowest BCUT2D eigenvalue weighted by Crippen LogP contribution is -2.38. The number of aryl methyl sites for hydroxylation is 1. The summed E-state index contributed by atoms with van der Waals surface area (Å²) in [6.45, 7) is 8.51. The number of nitrogens with zero attached hydrogens (tertiary/aromatic N) is 1. The van der Waals surface area contributed by atoms with Crippen LogP contribution < -0.4 is 15.5 Å².